The van der Waals surface area contributed by atoms with E-state index >= 15 is 0 Å². The summed E-state index contributed by atoms with van der Waals surface area (Å²) in [6.45, 7) is 3.54. The number of hydrogen-bond acceptors (Lipinski definition) is 6. The van der Waals surface area contributed by atoms with Gasteiger partial charge in [0.05, 0.1) is 13.3 Å². The SMILES string of the molecule is CCOC(=O)[C@@H]1CSCCN1Cn1[nH]c(-c2ccccc2)nc1=S. The van der Waals surface area contributed by atoms with E-state index in [9.17, 15) is 4.79 Å². The normalized spacial score (nSPS) is 18.5. The molecule has 24 heavy (non-hydrogen) atoms. The van der Waals surface area contributed by atoms with Crippen LogP contribution in [0.3, 0.4) is 0 Å². The summed E-state index contributed by atoms with van der Waals surface area (Å²) in [5.74, 6) is 2.30. The van der Waals surface area contributed by atoms with E-state index in [4.69, 9.17) is 17.0 Å². The minimum Gasteiger partial charge on any atom is -0.465 e. The molecule has 6 nitrogen and oxygen atoms in total. The average molecular weight is 364 g/mol. The molecule has 1 atom stereocenters. The second-order valence-corrected chi connectivity index (χ2v) is 6.96. The number of carbonyl (C=O) groups excluding carboxylic acids is 1. The molecule has 1 aromatic carbocycles. The molecule has 1 saturated heterocycles. The third-order valence-corrected chi connectivity index (χ3v) is 5.18. The monoisotopic (exact) mass is 364 g/mol. The zero-order valence-corrected chi connectivity index (χ0v) is 15.1. The van der Waals surface area contributed by atoms with Gasteiger partial charge < -0.3 is 4.74 Å². The molecule has 0 aliphatic carbocycles. The van der Waals surface area contributed by atoms with Crippen molar-refractivity contribution in [1.29, 1.82) is 0 Å². The topological polar surface area (TPSA) is 63.1 Å². The number of esters is 1. The Morgan fingerprint density at radius 3 is 3.00 bits per heavy atom. The van der Waals surface area contributed by atoms with Crippen LogP contribution in [0, 0.1) is 4.77 Å². The fourth-order valence-electron chi connectivity index (χ4n) is 2.62. The average Bonchev–Trinajstić information content (AvgIpc) is 2.97. The van der Waals surface area contributed by atoms with E-state index in [0.29, 0.717) is 18.0 Å². The number of rotatable bonds is 5. The van der Waals surface area contributed by atoms with Crippen molar-refractivity contribution >= 4 is 29.9 Å². The van der Waals surface area contributed by atoms with Gasteiger partial charge in [-0.25, -0.2) is 4.68 Å². The molecule has 8 heteroatoms. The van der Waals surface area contributed by atoms with Crippen molar-refractivity contribution < 1.29 is 9.53 Å². The quantitative estimate of drug-likeness (QED) is 0.650. The van der Waals surface area contributed by atoms with Crippen LogP contribution in [0.2, 0.25) is 0 Å². The highest BCUT2D eigenvalue weighted by molar-refractivity contribution is 7.99. The largest absolute Gasteiger partial charge is 0.465 e. The van der Waals surface area contributed by atoms with Gasteiger partial charge in [0, 0.05) is 23.6 Å². The van der Waals surface area contributed by atoms with Crippen LogP contribution in [0.5, 0.6) is 0 Å². The number of aromatic nitrogens is 3. The Morgan fingerprint density at radius 2 is 2.25 bits per heavy atom. The van der Waals surface area contributed by atoms with Crippen molar-refractivity contribution in [2.24, 2.45) is 0 Å². The van der Waals surface area contributed by atoms with Crippen molar-refractivity contribution in [1.82, 2.24) is 19.7 Å². The zero-order valence-electron chi connectivity index (χ0n) is 13.5. The van der Waals surface area contributed by atoms with Crippen LogP contribution >= 0.6 is 24.0 Å². The molecular formula is C16H20N4O2S2. The van der Waals surface area contributed by atoms with Crippen LogP contribution in [0.4, 0.5) is 0 Å². The molecular weight excluding hydrogens is 344 g/mol. The van der Waals surface area contributed by atoms with Crippen LogP contribution < -0.4 is 0 Å². The van der Waals surface area contributed by atoms with Gasteiger partial charge >= 0.3 is 5.97 Å². The number of carbonyl (C=O) groups is 1. The first-order valence-electron chi connectivity index (χ1n) is 7.89. The first kappa shape index (κ1) is 17.2. The van der Waals surface area contributed by atoms with Gasteiger partial charge in [0.2, 0.25) is 4.77 Å². The van der Waals surface area contributed by atoms with E-state index in [1.54, 1.807) is 16.4 Å². The number of hydrogen-bond donors (Lipinski definition) is 1. The Hall–Kier alpha value is -1.64. The molecule has 128 valence electrons. The zero-order chi connectivity index (χ0) is 16.9. The number of H-pyrrole nitrogens is 1. The maximum Gasteiger partial charge on any atom is 0.324 e. The predicted octanol–water partition coefficient (Wildman–Crippen LogP) is 2.55. The van der Waals surface area contributed by atoms with Crippen LogP contribution in [-0.2, 0) is 16.2 Å². The number of thioether (sulfide) groups is 1. The summed E-state index contributed by atoms with van der Waals surface area (Å²) in [6.07, 6.45) is 0. The van der Waals surface area contributed by atoms with Gasteiger partial charge in [0.15, 0.2) is 5.82 Å². The van der Waals surface area contributed by atoms with Crippen LogP contribution in [0.25, 0.3) is 11.4 Å². The van der Waals surface area contributed by atoms with Gasteiger partial charge in [-0.2, -0.15) is 16.7 Å². The highest BCUT2D eigenvalue weighted by atomic mass is 32.2. The number of nitrogens with zero attached hydrogens (tertiary/aromatic N) is 3. The molecule has 0 unspecified atom stereocenters. The summed E-state index contributed by atoms with van der Waals surface area (Å²) < 4.78 is 7.49. The molecule has 0 bridgehead atoms. The molecule has 0 saturated carbocycles. The van der Waals surface area contributed by atoms with Crippen molar-refractivity contribution in [3.8, 4) is 11.4 Å². The van der Waals surface area contributed by atoms with Gasteiger partial charge in [-0.3, -0.25) is 14.8 Å². The van der Waals surface area contributed by atoms with E-state index in [1.807, 2.05) is 37.3 Å². The molecule has 0 radical (unpaired) electrons. The molecule has 2 heterocycles. The summed E-state index contributed by atoms with van der Waals surface area (Å²) in [6, 6.07) is 9.61. The molecule has 1 fully saturated rings. The third-order valence-electron chi connectivity index (χ3n) is 3.85. The minimum atomic E-state index is -0.242. The van der Waals surface area contributed by atoms with E-state index in [-0.39, 0.29) is 12.0 Å². The van der Waals surface area contributed by atoms with Gasteiger partial charge in [0.25, 0.3) is 0 Å². The lowest BCUT2D eigenvalue weighted by atomic mass is 10.2. The Morgan fingerprint density at radius 1 is 1.46 bits per heavy atom. The fourth-order valence-corrected chi connectivity index (χ4v) is 3.92. The van der Waals surface area contributed by atoms with Gasteiger partial charge in [-0.15, -0.1) is 0 Å². The van der Waals surface area contributed by atoms with Gasteiger partial charge in [0.1, 0.15) is 6.04 Å². The fraction of sp³-hybridized carbons (Fsp3) is 0.438. The van der Waals surface area contributed by atoms with Gasteiger partial charge in [-0.05, 0) is 19.1 Å². The van der Waals surface area contributed by atoms with E-state index < -0.39 is 0 Å². The number of benzene rings is 1. The summed E-state index contributed by atoms with van der Waals surface area (Å²) in [4.78, 5) is 18.7. The second kappa shape index (κ2) is 7.96. The summed E-state index contributed by atoms with van der Waals surface area (Å²) in [5.41, 5.74) is 0.985. The van der Waals surface area contributed by atoms with Crippen molar-refractivity contribution in [2.75, 3.05) is 24.7 Å². The lowest BCUT2D eigenvalue weighted by Gasteiger charge is -2.33. The summed E-state index contributed by atoms with van der Waals surface area (Å²) in [7, 11) is 0. The maximum atomic E-state index is 12.2. The molecule has 1 aromatic heterocycles. The Bertz CT molecular complexity index is 744. The van der Waals surface area contributed by atoms with E-state index in [0.717, 1.165) is 29.4 Å². The molecule has 3 rings (SSSR count). The number of aromatic amines is 1. The van der Waals surface area contributed by atoms with Crippen LogP contribution in [0.1, 0.15) is 6.92 Å². The summed E-state index contributed by atoms with van der Waals surface area (Å²) >= 11 is 7.14. The Balaban J connectivity index is 1.78. The molecule has 1 aliphatic heterocycles. The van der Waals surface area contributed by atoms with Gasteiger partial charge in [-0.1, -0.05) is 30.3 Å². The molecule has 0 amide bonds. The van der Waals surface area contributed by atoms with Crippen LogP contribution in [0.15, 0.2) is 30.3 Å². The number of nitrogens with one attached hydrogen (secondary N) is 1. The lowest BCUT2D eigenvalue weighted by Crippen LogP contribution is -2.48. The van der Waals surface area contributed by atoms with Crippen molar-refractivity contribution in [2.45, 2.75) is 19.6 Å². The van der Waals surface area contributed by atoms with E-state index in [1.165, 1.54) is 0 Å². The second-order valence-electron chi connectivity index (χ2n) is 5.45. The number of ether oxygens (including phenoxy) is 1. The molecule has 1 aliphatic rings. The molecule has 0 spiro atoms. The molecule has 2 aromatic rings. The Labute approximate surface area is 150 Å². The minimum absolute atomic E-state index is 0.168. The lowest BCUT2D eigenvalue weighted by molar-refractivity contribution is -0.149. The molecule has 1 N–H and O–H groups in total. The first-order chi connectivity index (χ1) is 11.7. The first-order valence-corrected chi connectivity index (χ1v) is 9.46. The smallest absolute Gasteiger partial charge is 0.324 e. The maximum absolute atomic E-state index is 12.2. The Kier molecular flexibility index (Phi) is 5.70. The highest BCUT2D eigenvalue weighted by Crippen LogP contribution is 2.19. The summed E-state index contributed by atoms with van der Waals surface area (Å²) in [5, 5.41) is 3.24. The highest BCUT2D eigenvalue weighted by Gasteiger charge is 2.30. The van der Waals surface area contributed by atoms with E-state index in [2.05, 4.69) is 15.0 Å². The van der Waals surface area contributed by atoms with Crippen molar-refractivity contribution in [3.05, 3.63) is 35.1 Å². The van der Waals surface area contributed by atoms with Crippen LogP contribution in [-0.4, -0.2) is 56.3 Å². The standard InChI is InChI=1S/C16H20N4O2S2/c1-2-22-15(21)13-10-24-9-8-19(13)11-20-16(23)17-14(18-20)12-6-4-3-5-7-12/h3-7,13H,2,8-11H2,1H3,(H,17,18,23)/t13-/m0/s1. The predicted molar refractivity (Wildman–Crippen MR) is 97.3 cm³/mol. The van der Waals surface area contributed by atoms with Crippen molar-refractivity contribution in [3.63, 3.8) is 0 Å². The third kappa shape index (κ3) is 3.88.